The van der Waals surface area contributed by atoms with Crippen molar-refractivity contribution >= 4 is 31.9 Å². The average molecular weight is 404 g/mol. The highest BCUT2D eigenvalue weighted by molar-refractivity contribution is 9.10. The molecule has 1 aliphatic rings. The molecule has 0 bridgehead atoms. The smallest absolute Gasteiger partial charge is 0.126 e. The Morgan fingerprint density at radius 3 is 2.50 bits per heavy atom. The number of hydrogen-bond acceptors (Lipinski definition) is 1. The number of alkyl halides is 1. The molecule has 0 heterocycles. The van der Waals surface area contributed by atoms with Crippen molar-refractivity contribution in [3.8, 4) is 5.75 Å². The maximum absolute atomic E-state index is 5.71. The molecule has 0 amide bonds. The Labute approximate surface area is 139 Å². The minimum Gasteiger partial charge on any atom is -0.496 e. The van der Waals surface area contributed by atoms with Gasteiger partial charge < -0.3 is 4.74 Å². The van der Waals surface area contributed by atoms with Gasteiger partial charge in [0.25, 0.3) is 0 Å². The van der Waals surface area contributed by atoms with Crippen LogP contribution in [-0.2, 0) is 0 Å². The largest absolute Gasteiger partial charge is 0.496 e. The van der Waals surface area contributed by atoms with Crippen LogP contribution in [0.3, 0.4) is 0 Å². The van der Waals surface area contributed by atoms with Gasteiger partial charge in [0.2, 0.25) is 0 Å². The Hall–Kier alpha value is -0.0200. The number of rotatable bonds is 3. The zero-order valence-electron chi connectivity index (χ0n) is 13.0. The molecule has 0 aromatic heterocycles. The molecule has 1 saturated carbocycles. The van der Waals surface area contributed by atoms with Crippen molar-refractivity contribution in [3.63, 3.8) is 0 Å². The first-order chi connectivity index (χ1) is 9.29. The van der Waals surface area contributed by atoms with Gasteiger partial charge in [-0.05, 0) is 55.2 Å². The van der Waals surface area contributed by atoms with Gasteiger partial charge in [-0.1, -0.05) is 52.1 Å². The predicted molar refractivity (Wildman–Crippen MR) is 93.0 cm³/mol. The minimum absolute atomic E-state index is 0.353. The van der Waals surface area contributed by atoms with Gasteiger partial charge in [0.1, 0.15) is 5.75 Å². The maximum atomic E-state index is 5.71. The molecule has 0 saturated heterocycles. The third-order valence-corrected chi connectivity index (χ3v) is 6.80. The molecule has 1 aromatic carbocycles. The Morgan fingerprint density at radius 1 is 1.35 bits per heavy atom. The fourth-order valence-electron chi connectivity index (χ4n) is 3.58. The second-order valence-electron chi connectivity index (χ2n) is 6.64. The highest BCUT2D eigenvalue weighted by Gasteiger charge is 2.40. The van der Waals surface area contributed by atoms with E-state index in [0.29, 0.717) is 16.2 Å². The van der Waals surface area contributed by atoms with Crippen molar-refractivity contribution in [1.29, 1.82) is 0 Å². The molecule has 1 fully saturated rings. The summed E-state index contributed by atoms with van der Waals surface area (Å²) in [4.78, 5) is 0.353. The van der Waals surface area contributed by atoms with Gasteiger partial charge in [-0.15, -0.1) is 0 Å². The third-order valence-electron chi connectivity index (χ3n) is 4.88. The molecule has 0 radical (unpaired) electrons. The molecule has 0 N–H and O–H groups in total. The number of hydrogen-bond donors (Lipinski definition) is 0. The zero-order valence-corrected chi connectivity index (χ0v) is 16.2. The van der Waals surface area contributed by atoms with E-state index in [1.807, 2.05) is 0 Å². The van der Waals surface area contributed by atoms with Crippen LogP contribution in [0.15, 0.2) is 10.5 Å². The summed E-state index contributed by atoms with van der Waals surface area (Å²) in [6.45, 7) is 9.08. The first kappa shape index (κ1) is 16.4. The summed E-state index contributed by atoms with van der Waals surface area (Å²) >= 11 is 7.69. The molecule has 3 heteroatoms. The van der Waals surface area contributed by atoms with Gasteiger partial charge in [-0.3, -0.25) is 0 Å². The van der Waals surface area contributed by atoms with Gasteiger partial charge in [0.05, 0.1) is 7.11 Å². The van der Waals surface area contributed by atoms with Crippen LogP contribution in [0.2, 0.25) is 0 Å². The van der Waals surface area contributed by atoms with Crippen LogP contribution in [0, 0.1) is 25.2 Å². The lowest BCUT2D eigenvalue weighted by Gasteiger charge is -2.33. The average Bonchev–Trinajstić information content (AvgIpc) is 2.72. The first-order valence-corrected chi connectivity index (χ1v) is 8.98. The highest BCUT2D eigenvalue weighted by Crippen LogP contribution is 2.54. The molecule has 2 rings (SSSR count). The number of halogens is 2. The van der Waals surface area contributed by atoms with E-state index in [1.54, 1.807) is 7.11 Å². The molecule has 112 valence electrons. The van der Waals surface area contributed by atoms with Crippen LogP contribution >= 0.6 is 31.9 Å². The van der Waals surface area contributed by atoms with E-state index < -0.39 is 0 Å². The topological polar surface area (TPSA) is 9.23 Å². The van der Waals surface area contributed by atoms with E-state index in [9.17, 15) is 0 Å². The van der Waals surface area contributed by atoms with Gasteiger partial charge in [0, 0.05) is 14.9 Å². The predicted octanol–water partition coefficient (Wildman–Crippen LogP) is 6.34. The lowest BCUT2D eigenvalue weighted by Crippen LogP contribution is -2.22. The van der Waals surface area contributed by atoms with Crippen LogP contribution in [0.1, 0.15) is 54.6 Å². The molecule has 0 spiro atoms. The molecule has 2 atom stereocenters. The lowest BCUT2D eigenvalue weighted by atomic mass is 9.77. The second-order valence-corrected chi connectivity index (χ2v) is 8.48. The van der Waals surface area contributed by atoms with E-state index >= 15 is 0 Å². The molecule has 2 unspecified atom stereocenters. The quantitative estimate of drug-likeness (QED) is 0.535. The third kappa shape index (κ3) is 2.81. The van der Waals surface area contributed by atoms with Crippen molar-refractivity contribution in [2.24, 2.45) is 11.3 Å². The molecule has 0 aliphatic heterocycles. The summed E-state index contributed by atoms with van der Waals surface area (Å²) in [6.07, 6.45) is 3.93. The molecule has 1 aromatic rings. The van der Waals surface area contributed by atoms with E-state index in [-0.39, 0.29) is 0 Å². The lowest BCUT2D eigenvalue weighted by molar-refractivity contribution is 0.254. The summed E-state index contributed by atoms with van der Waals surface area (Å²) in [5.74, 6) is 1.69. The highest BCUT2D eigenvalue weighted by atomic mass is 79.9. The van der Waals surface area contributed by atoms with E-state index in [4.69, 9.17) is 4.74 Å². The Balaban J connectivity index is 2.51. The Bertz CT molecular complexity index is 508. The summed E-state index contributed by atoms with van der Waals surface area (Å²) < 4.78 is 6.88. The Morgan fingerprint density at radius 2 is 2.00 bits per heavy atom. The van der Waals surface area contributed by atoms with Crippen LogP contribution in [0.5, 0.6) is 5.75 Å². The Kier molecular flexibility index (Phi) is 4.91. The maximum Gasteiger partial charge on any atom is 0.126 e. The molecule has 20 heavy (non-hydrogen) atoms. The van der Waals surface area contributed by atoms with Gasteiger partial charge in [-0.2, -0.15) is 0 Å². The van der Waals surface area contributed by atoms with E-state index in [0.717, 1.165) is 5.75 Å². The number of methoxy groups -OCH3 is 1. The summed E-state index contributed by atoms with van der Waals surface area (Å²) in [6, 6.07) is 2.15. The van der Waals surface area contributed by atoms with Gasteiger partial charge >= 0.3 is 0 Å². The van der Waals surface area contributed by atoms with Crippen molar-refractivity contribution in [2.75, 3.05) is 7.11 Å². The minimum atomic E-state index is 0.353. The van der Waals surface area contributed by atoms with Crippen LogP contribution < -0.4 is 4.74 Å². The fraction of sp³-hybridized carbons (Fsp3) is 0.647. The zero-order chi connectivity index (χ0) is 15.1. The number of aryl methyl sites for hydroxylation is 1. The van der Waals surface area contributed by atoms with Crippen LogP contribution in [0.4, 0.5) is 0 Å². The number of ether oxygens (including phenoxy) is 1. The summed E-state index contributed by atoms with van der Waals surface area (Å²) in [7, 11) is 1.78. The standard InChI is InChI=1S/C17H24Br2O/c1-10-9-13(18)11(2)14(16(10)20-5)15(19)12-7-6-8-17(12,3)4/h9,12,15H,6-8H2,1-5H3. The molecule has 1 nitrogen and oxygen atoms in total. The molecular weight excluding hydrogens is 380 g/mol. The summed E-state index contributed by atoms with van der Waals surface area (Å²) in [5.41, 5.74) is 4.19. The van der Waals surface area contributed by atoms with Crippen molar-refractivity contribution in [3.05, 3.63) is 27.2 Å². The van der Waals surface area contributed by atoms with Crippen molar-refractivity contribution in [1.82, 2.24) is 0 Å². The fourth-order valence-corrected chi connectivity index (χ4v) is 5.66. The van der Waals surface area contributed by atoms with Crippen LogP contribution in [0.25, 0.3) is 0 Å². The molecule has 1 aliphatic carbocycles. The number of benzene rings is 1. The van der Waals surface area contributed by atoms with E-state index in [2.05, 4.69) is 65.6 Å². The first-order valence-electron chi connectivity index (χ1n) is 7.27. The normalized spacial score (nSPS) is 22.9. The van der Waals surface area contributed by atoms with Gasteiger partial charge in [0.15, 0.2) is 0 Å². The van der Waals surface area contributed by atoms with E-state index in [1.165, 1.54) is 40.4 Å². The van der Waals surface area contributed by atoms with Crippen molar-refractivity contribution in [2.45, 2.75) is 51.8 Å². The van der Waals surface area contributed by atoms with Crippen molar-refractivity contribution < 1.29 is 4.74 Å². The SMILES string of the molecule is COc1c(C)cc(Br)c(C)c1C(Br)C1CCCC1(C)C. The summed E-state index contributed by atoms with van der Waals surface area (Å²) in [5, 5.41) is 0. The molecular formula is C17H24Br2O. The van der Waals surface area contributed by atoms with Crippen LogP contribution in [-0.4, -0.2) is 7.11 Å². The second kappa shape index (κ2) is 6.00. The van der Waals surface area contributed by atoms with Gasteiger partial charge in [-0.25, -0.2) is 0 Å². The monoisotopic (exact) mass is 402 g/mol.